The van der Waals surface area contributed by atoms with Crippen LogP contribution < -0.4 is 10.1 Å². The van der Waals surface area contributed by atoms with Gasteiger partial charge in [-0.1, -0.05) is 0 Å². The van der Waals surface area contributed by atoms with E-state index in [1.54, 1.807) is 6.07 Å². The average molecular weight is 315 g/mol. The normalized spacial score (nSPS) is 21.0. The van der Waals surface area contributed by atoms with Gasteiger partial charge in [0.2, 0.25) is 0 Å². The summed E-state index contributed by atoms with van der Waals surface area (Å²) in [6.45, 7) is 3.87. The maximum Gasteiger partial charge on any atom is 0.317 e. The third-order valence-electron chi connectivity index (χ3n) is 4.03. The molecule has 0 spiro atoms. The van der Waals surface area contributed by atoms with Crippen LogP contribution in [0.5, 0.6) is 6.01 Å². The molecule has 1 aliphatic rings. The van der Waals surface area contributed by atoms with E-state index in [4.69, 9.17) is 9.15 Å². The van der Waals surface area contributed by atoms with E-state index in [0.717, 1.165) is 37.1 Å². The Morgan fingerprint density at radius 2 is 1.91 bits per heavy atom. The number of ether oxygens (including phenoxy) is 1. The lowest BCUT2D eigenvalue weighted by molar-refractivity contribution is 0.0884. The van der Waals surface area contributed by atoms with Crippen molar-refractivity contribution < 1.29 is 13.9 Å². The van der Waals surface area contributed by atoms with Crippen molar-refractivity contribution in [3.63, 3.8) is 0 Å². The fraction of sp³-hybridized carbons (Fsp3) is 0.471. The molecule has 23 heavy (non-hydrogen) atoms. The predicted molar refractivity (Wildman–Crippen MR) is 84.4 cm³/mol. The fourth-order valence-corrected chi connectivity index (χ4v) is 2.88. The van der Waals surface area contributed by atoms with E-state index < -0.39 is 0 Å². The minimum atomic E-state index is -0.0826. The van der Waals surface area contributed by atoms with Crippen molar-refractivity contribution in [2.75, 3.05) is 0 Å². The Bertz CT molecular complexity index is 641. The molecule has 0 aliphatic heterocycles. The number of amides is 1. The number of furan rings is 1. The second-order valence-electron chi connectivity index (χ2n) is 6.01. The van der Waals surface area contributed by atoms with Crippen molar-refractivity contribution >= 4 is 5.91 Å². The van der Waals surface area contributed by atoms with Gasteiger partial charge in [-0.15, -0.1) is 0 Å². The highest BCUT2D eigenvalue weighted by Gasteiger charge is 2.24. The number of nitrogens with one attached hydrogen (secondary N) is 1. The first-order chi connectivity index (χ1) is 11.1. The van der Waals surface area contributed by atoms with Crippen molar-refractivity contribution in [3.8, 4) is 6.01 Å². The summed E-state index contributed by atoms with van der Waals surface area (Å²) in [5.41, 5.74) is 2.38. The van der Waals surface area contributed by atoms with Crippen LogP contribution in [-0.2, 0) is 0 Å². The molecule has 0 saturated heterocycles. The van der Waals surface area contributed by atoms with Crippen molar-refractivity contribution in [1.29, 1.82) is 0 Å². The van der Waals surface area contributed by atoms with E-state index in [0.29, 0.717) is 11.6 Å². The minimum absolute atomic E-state index is 0.0826. The van der Waals surface area contributed by atoms with Crippen LogP contribution >= 0.6 is 0 Å². The highest BCUT2D eigenvalue weighted by molar-refractivity contribution is 5.93. The number of hydrogen-bond donors (Lipinski definition) is 1. The first kappa shape index (κ1) is 15.5. The molecule has 6 nitrogen and oxygen atoms in total. The molecule has 2 heterocycles. The van der Waals surface area contributed by atoms with Gasteiger partial charge in [0, 0.05) is 17.4 Å². The predicted octanol–water partition coefficient (Wildman–Crippen LogP) is 2.81. The molecule has 0 atom stereocenters. The van der Waals surface area contributed by atoms with Gasteiger partial charge in [0.15, 0.2) is 0 Å². The SMILES string of the molecule is Cc1cc(C)nc(OC2CCC(NC(=O)c3ccoc3)CC2)n1. The van der Waals surface area contributed by atoms with E-state index in [1.807, 2.05) is 19.9 Å². The summed E-state index contributed by atoms with van der Waals surface area (Å²) in [5, 5.41) is 3.04. The Balaban J connectivity index is 1.49. The van der Waals surface area contributed by atoms with Crippen molar-refractivity contribution in [3.05, 3.63) is 41.6 Å². The van der Waals surface area contributed by atoms with E-state index in [9.17, 15) is 4.79 Å². The maximum atomic E-state index is 12.0. The van der Waals surface area contributed by atoms with Gasteiger partial charge >= 0.3 is 6.01 Å². The summed E-state index contributed by atoms with van der Waals surface area (Å²) in [7, 11) is 0. The molecule has 1 N–H and O–H groups in total. The summed E-state index contributed by atoms with van der Waals surface area (Å²) in [5.74, 6) is -0.0826. The largest absolute Gasteiger partial charge is 0.472 e. The van der Waals surface area contributed by atoms with Crippen molar-refractivity contribution in [1.82, 2.24) is 15.3 Å². The van der Waals surface area contributed by atoms with Crippen LogP contribution in [0.3, 0.4) is 0 Å². The quantitative estimate of drug-likeness (QED) is 0.938. The molecule has 6 heteroatoms. The summed E-state index contributed by atoms with van der Waals surface area (Å²) in [4.78, 5) is 20.6. The molecule has 0 bridgehead atoms. The molecule has 0 aromatic carbocycles. The van der Waals surface area contributed by atoms with Crippen molar-refractivity contribution in [2.45, 2.75) is 51.7 Å². The molecule has 2 aromatic heterocycles. The van der Waals surface area contributed by atoms with Crippen molar-refractivity contribution in [2.24, 2.45) is 0 Å². The molecule has 1 saturated carbocycles. The molecule has 3 rings (SSSR count). The standard InChI is InChI=1S/C17H21N3O3/c1-11-9-12(2)19-17(18-11)23-15-5-3-14(4-6-15)20-16(21)13-7-8-22-10-13/h7-10,14-15H,3-6H2,1-2H3,(H,20,21). The Kier molecular flexibility index (Phi) is 4.60. The Hall–Kier alpha value is -2.37. The zero-order valence-corrected chi connectivity index (χ0v) is 13.4. The van der Waals surface area contributed by atoms with Crippen LogP contribution in [0.25, 0.3) is 0 Å². The molecule has 0 unspecified atom stereocenters. The van der Waals surface area contributed by atoms with Gasteiger partial charge in [-0.2, -0.15) is 0 Å². The summed E-state index contributed by atoms with van der Waals surface area (Å²) < 4.78 is 10.8. The first-order valence-electron chi connectivity index (χ1n) is 7.92. The van der Waals surface area contributed by atoms with Gasteiger partial charge in [0.05, 0.1) is 11.8 Å². The lowest BCUT2D eigenvalue weighted by Crippen LogP contribution is -2.39. The number of carbonyl (C=O) groups excluding carboxylic acids is 1. The van der Waals surface area contributed by atoms with Gasteiger partial charge in [0.1, 0.15) is 12.4 Å². The Labute approximate surface area is 135 Å². The molecule has 1 aliphatic carbocycles. The van der Waals surface area contributed by atoms with E-state index in [-0.39, 0.29) is 18.1 Å². The Morgan fingerprint density at radius 1 is 1.22 bits per heavy atom. The number of aryl methyl sites for hydroxylation is 2. The molecular weight excluding hydrogens is 294 g/mol. The number of carbonyl (C=O) groups is 1. The minimum Gasteiger partial charge on any atom is -0.472 e. The summed E-state index contributed by atoms with van der Waals surface area (Å²) >= 11 is 0. The molecule has 122 valence electrons. The Morgan fingerprint density at radius 3 is 2.52 bits per heavy atom. The van der Waals surface area contributed by atoms with E-state index in [1.165, 1.54) is 12.5 Å². The third kappa shape index (κ3) is 4.09. The zero-order chi connectivity index (χ0) is 16.2. The molecule has 2 aromatic rings. The summed E-state index contributed by atoms with van der Waals surface area (Å²) in [6.07, 6.45) is 6.61. The van der Waals surface area contributed by atoms with Gasteiger partial charge < -0.3 is 14.5 Å². The maximum absolute atomic E-state index is 12.0. The topological polar surface area (TPSA) is 77.2 Å². The first-order valence-corrected chi connectivity index (χ1v) is 7.92. The van der Waals surface area contributed by atoms with Crippen LogP contribution in [0, 0.1) is 13.8 Å². The second kappa shape index (κ2) is 6.81. The van der Waals surface area contributed by atoms with Gasteiger partial charge in [-0.3, -0.25) is 4.79 Å². The number of hydrogen-bond acceptors (Lipinski definition) is 5. The van der Waals surface area contributed by atoms with Crippen LogP contribution in [0.4, 0.5) is 0 Å². The zero-order valence-electron chi connectivity index (χ0n) is 13.4. The third-order valence-corrected chi connectivity index (χ3v) is 4.03. The second-order valence-corrected chi connectivity index (χ2v) is 6.01. The number of aromatic nitrogens is 2. The lowest BCUT2D eigenvalue weighted by Gasteiger charge is -2.28. The van der Waals surface area contributed by atoms with Crippen LogP contribution in [0.15, 0.2) is 29.1 Å². The van der Waals surface area contributed by atoms with Crippen LogP contribution in [0.1, 0.15) is 47.4 Å². The van der Waals surface area contributed by atoms with Gasteiger partial charge in [-0.25, -0.2) is 9.97 Å². The average Bonchev–Trinajstić information content (AvgIpc) is 3.02. The fourth-order valence-electron chi connectivity index (χ4n) is 2.88. The smallest absolute Gasteiger partial charge is 0.317 e. The van der Waals surface area contributed by atoms with E-state index in [2.05, 4.69) is 15.3 Å². The summed E-state index contributed by atoms with van der Waals surface area (Å²) in [6, 6.07) is 4.22. The highest BCUT2D eigenvalue weighted by atomic mass is 16.5. The monoisotopic (exact) mass is 315 g/mol. The highest BCUT2D eigenvalue weighted by Crippen LogP contribution is 2.23. The van der Waals surface area contributed by atoms with E-state index >= 15 is 0 Å². The number of rotatable bonds is 4. The van der Waals surface area contributed by atoms with Crippen LogP contribution in [-0.4, -0.2) is 28.0 Å². The molecule has 1 fully saturated rings. The lowest BCUT2D eigenvalue weighted by atomic mass is 9.93. The molecular formula is C17H21N3O3. The molecule has 0 radical (unpaired) electrons. The number of nitrogens with zero attached hydrogens (tertiary/aromatic N) is 2. The molecule has 1 amide bonds. The van der Waals surface area contributed by atoms with Crippen LogP contribution in [0.2, 0.25) is 0 Å². The van der Waals surface area contributed by atoms with Gasteiger partial charge in [0.25, 0.3) is 5.91 Å². The van der Waals surface area contributed by atoms with Gasteiger partial charge in [-0.05, 0) is 51.7 Å².